The molecule has 6 N–H and O–H groups in total. The summed E-state index contributed by atoms with van der Waals surface area (Å²) < 4.78 is 5.37. The van der Waals surface area contributed by atoms with Crippen LogP contribution in [0.3, 0.4) is 0 Å². The van der Waals surface area contributed by atoms with Crippen LogP contribution in [0.4, 0.5) is 0 Å². The first-order chi connectivity index (χ1) is 16.1. The van der Waals surface area contributed by atoms with Crippen molar-refractivity contribution in [3.63, 3.8) is 0 Å². The van der Waals surface area contributed by atoms with Gasteiger partial charge in [-0.25, -0.2) is 0 Å². The summed E-state index contributed by atoms with van der Waals surface area (Å²) in [5.41, 5.74) is 3.94. The Kier molecular flexibility index (Phi) is 4.21. The molecule has 0 radical (unpaired) electrons. The molecule has 6 rings (SSSR count). The third-order valence-corrected chi connectivity index (χ3v) is 8.60. The number of aliphatic hydroxyl groups excluding tert-OH is 2. The second-order valence-electron chi connectivity index (χ2n) is 10.5. The van der Waals surface area contributed by atoms with Crippen LogP contribution in [0.1, 0.15) is 48.3 Å². The summed E-state index contributed by atoms with van der Waals surface area (Å²) in [5.74, 6) is -5.81. The van der Waals surface area contributed by atoms with Crippen LogP contribution in [-0.2, 0) is 25.5 Å². The predicted molar refractivity (Wildman–Crippen MR) is 117 cm³/mol. The highest BCUT2D eigenvalue weighted by Gasteiger charge is 2.60. The molecule has 2 saturated carbocycles. The van der Waals surface area contributed by atoms with Crippen molar-refractivity contribution >= 4 is 23.2 Å². The van der Waals surface area contributed by atoms with Gasteiger partial charge in [0.05, 0.1) is 18.8 Å². The van der Waals surface area contributed by atoms with Crippen LogP contribution in [0.5, 0.6) is 5.75 Å². The van der Waals surface area contributed by atoms with Crippen LogP contribution in [0.25, 0.3) is 5.76 Å². The van der Waals surface area contributed by atoms with Crippen molar-refractivity contribution in [2.45, 2.75) is 43.6 Å². The van der Waals surface area contributed by atoms with E-state index in [1.54, 1.807) is 0 Å². The number of primary amides is 1. The first-order valence-electron chi connectivity index (χ1n) is 11.5. The lowest BCUT2D eigenvalue weighted by Crippen LogP contribution is -2.58. The number of aliphatic hydroxyl groups is 3. The molecule has 1 aliphatic heterocycles. The van der Waals surface area contributed by atoms with Gasteiger partial charge in [0.2, 0.25) is 5.78 Å². The monoisotopic (exact) mass is 467 g/mol. The van der Waals surface area contributed by atoms with E-state index in [9.17, 15) is 34.8 Å². The largest absolute Gasteiger partial charge is 0.508 e. The lowest BCUT2D eigenvalue weighted by Gasteiger charge is -2.54. The number of hydrogen-bond acceptors (Lipinski definition) is 8. The van der Waals surface area contributed by atoms with Gasteiger partial charge in [-0.15, -0.1) is 0 Å². The summed E-state index contributed by atoms with van der Waals surface area (Å²) >= 11 is 0. The van der Waals surface area contributed by atoms with Crippen molar-refractivity contribution in [3.8, 4) is 5.75 Å². The molecule has 0 aromatic heterocycles. The minimum Gasteiger partial charge on any atom is -0.508 e. The number of carbonyl (C=O) groups excluding carboxylic acids is 3. The highest BCUT2D eigenvalue weighted by atomic mass is 16.5. The molecule has 0 unspecified atom stereocenters. The molecule has 1 saturated heterocycles. The summed E-state index contributed by atoms with van der Waals surface area (Å²) in [6, 6.07) is 3.36. The number of phenolic OH excluding ortho intramolecular Hbond substituents is 1. The number of amides is 1. The average molecular weight is 467 g/mol. The molecule has 3 fully saturated rings. The van der Waals surface area contributed by atoms with Crippen LogP contribution >= 0.6 is 0 Å². The van der Waals surface area contributed by atoms with E-state index in [1.807, 2.05) is 6.07 Å². The number of ketones is 2. The van der Waals surface area contributed by atoms with Gasteiger partial charge >= 0.3 is 0 Å². The van der Waals surface area contributed by atoms with E-state index < -0.39 is 52.0 Å². The second kappa shape index (κ2) is 6.70. The van der Waals surface area contributed by atoms with Crippen LogP contribution in [0.2, 0.25) is 0 Å². The molecule has 1 heterocycles. The summed E-state index contributed by atoms with van der Waals surface area (Å²) in [4.78, 5) is 37.7. The number of nitrogens with two attached hydrogens (primary N) is 1. The number of benzene rings is 1. The van der Waals surface area contributed by atoms with Crippen molar-refractivity contribution < 1.29 is 39.5 Å². The Morgan fingerprint density at radius 1 is 1.06 bits per heavy atom. The van der Waals surface area contributed by atoms with E-state index in [0.29, 0.717) is 6.42 Å². The fraction of sp³-hybridized carbons (Fsp3) is 0.480. The number of carbonyl (C=O) groups is 3. The van der Waals surface area contributed by atoms with Crippen LogP contribution < -0.4 is 5.73 Å². The SMILES string of the molecule is NC(=O)C1=C(O)[C@@]2(O)C(=O)C3=C(O)c4c(O)ccc(C5CC6(COC6)C5)c4C[C@H]3C[C@H]2CC1=O. The molecular weight excluding hydrogens is 442 g/mol. The summed E-state index contributed by atoms with van der Waals surface area (Å²) in [6.45, 7) is 1.49. The molecule has 1 spiro atoms. The smallest absolute Gasteiger partial charge is 0.255 e. The van der Waals surface area contributed by atoms with E-state index in [2.05, 4.69) is 0 Å². The van der Waals surface area contributed by atoms with Gasteiger partial charge in [0.1, 0.15) is 22.8 Å². The van der Waals surface area contributed by atoms with Crippen molar-refractivity contribution in [1.29, 1.82) is 0 Å². The number of ether oxygens (including phenoxy) is 1. The standard InChI is InChI=1S/C25H25NO8/c26-23(32)19-16(28)5-12-3-10-4-14-13(11-6-24(7-11)8-34-9-24)1-2-15(27)18(14)20(29)17(10)21(30)25(12,33)22(19)31/h1-2,10-12,27,29,31,33H,3-9H2,(H2,26,32)/t10-,12+,25+/m1/s1. The third kappa shape index (κ3) is 2.54. The first-order valence-corrected chi connectivity index (χ1v) is 11.5. The number of hydrogen-bond donors (Lipinski definition) is 5. The van der Waals surface area contributed by atoms with Crippen molar-refractivity contribution in [3.05, 3.63) is 45.7 Å². The van der Waals surface area contributed by atoms with Gasteiger partial charge in [0, 0.05) is 23.3 Å². The van der Waals surface area contributed by atoms with E-state index in [4.69, 9.17) is 10.5 Å². The highest BCUT2D eigenvalue weighted by molar-refractivity contribution is 6.22. The highest BCUT2D eigenvalue weighted by Crippen LogP contribution is 2.58. The Morgan fingerprint density at radius 2 is 1.76 bits per heavy atom. The van der Waals surface area contributed by atoms with Crippen molar-refractivity contribution in [2.75, 3.05) is 13.2 Å². The van der Waals surface area contributed by atoms with Gasteiger partial charge in [0.25, 0.3) is 5.91 Å². The average Bonchev–Trinajstić information content (AvgIpc) is 2.69. The molecule has 1 aromatic rings. The van der Waals surface area contributed by atoms with Crippen molar-refractivity contribution in [1.82, 2.24) is 0 Å². The van der Waals surface area contributed by atoms with E-state index in [1.165, 1.54) is 6.07 Å². The van der Waals surface area contributed by atoms with Gasteiger partial charge in [-0.05, 0) is 54.7 Å². The van der Waals surface area contributed by atoms with Crippen LogP contribution in [0, 0.1) is 17.3 Å². The Labute approximate surface area is 194 Å². The minimum atomic E-state index is -2.53. The van der Waals surface area contributed by atoms with E-state index >= 15 is 0 Å². The first kappa shape index (κ1) is 21.4. The normalized spacial score (nSPS) is 32.0. The second-order valence-corrected chi connectivity index (χ2v) is 10.5. The van der Waals surface area contributed by atoms with Gasteiger partial charge in [0.15, 0.2) is 11.4 Å². The minimum absolute atomic E-state index is 0.110. The molecule has 5 aliphatic rings. The lowest BCUT2D eigenvalue weighted by atomic mass is 9.56. The molecular formula is C25H25NO8. The van der Waals surface area contributed by atoms with Gasteiger partial charge in [-0.1, -0.05) is 6.07 Å². The zero-order chi connectivity index (χ0) is 24.2. The number of Topliss-reactive ketones (excluding diaryl/α,β-unsaturated/α-hetero) is 2. The molecule has 0 bridgehead atoms. The molecule has 3 atom stereocenters. The van der Waals surface area contributed by atoms with Crippen LogP contribution in [-0.4, -0.2) is 56.7 Å². The summed E-state index contributed by atoms with van der Waals surface area (Å²) in [7, 11) is 0. The molecule has 1 amide bonds. The summed E-state index contributed by atoms with van der Waals surface area (Å²) in [5, 5.41) is 43.7. The molecule has 9 heteroatoms. The Hall–Kier alpha value is -3.17. The number of fused-ring (bicyclic) bond motifs is 3. The molecule has 9 nitrogen and oxygen atoms in total. The fourth-order valence-corrected chi connectivity index (χ4v) is 6.86. The summed E-state index contributed by atoms with van der Waals surface area (Å²) in [6.07, 6.45) is 2.08. The predicted octanol–water partition coefficient (Wildman–Crippen LogP) is 1.32. The molecule has 4 aliphatic carbocycles. The Balaban J connectivity index is 1.46. The van der Waals surface area contributed by atoms with E-state index in [0.717, 1.165) is 37.2 Å². The number of rotatable bonds is 2. The topological polar surface area (TPSA) is 167 Å². The Bertz CT molecular complexity index is 1250. The maximum absolute atomic E-state index is 13.5. The number of phenols is 1. The van der Waals surface area contributed by atoms with Gasteiger partial charge in [-0.3, -0.25) is 14.4 Å². The zero-order valence-electron chi connectivity index (χ0n) is 18.3. The van der Waals surface area contributed by atoms with E-state index in [-0.39, 0.29) is 41.1 Å². The maximum Gasteiger partial charge on any atom is 0.255 e. The fourth-order valence-electron chi connectivity index (χ4n) is 6.86. The number of aromatic hydroxyl groups is 1. The van der Waals surface area contributed by atoms with Crippen LogP contribution in [0.15, 0.2) is 29.0 Å². The molecule has 178 valence electrons. The lowest BCUT2D eigenvalue weighted by molar-refractivity contribution is -0.164. The molecule has 1 aromatic carbocycles. The van der Waals surface area contributed by atoms with Gasteiger partial charge in [-0.2, -0.15) is 0 Å². The third-order valence-electron chi connectivity index (χ3n) is 8.60. The zero-order valence-corrected chi connectivity index (χ0v) is 18.3. The molecule has 34 heavy (non-hydrogen) atoms. The quantitative estimate of drug-likeness (QED) is 0.406. The van der Waals surface area contributed by atoms with Gasteiger partial charge < -0.3 is 30.9 Å². The maximum atomic E-state index is 13.5. The Morgan fingerprint density at radius 3 is 2.38 bits per heavy atom. The van der Waals surface area contributed by atoms with Crippen molar-refractivity contribution in [2.24, 2.45) is 23.0 Å².